The fourth-order valence-electron chi connectivity index (χ4n) is 2.29. The first-order valence-electron chi connectivity index (χ1n) is 7.35. The second-order valence-electron chi connectivity index (χ2n) is 5.15. The monoisotopic (exact) mass is 268 g/mol. The Bertz CT molecular complexity index is 257. The Morgan fingerprint density at radius 1 is 1.26 bits per heavy atom. The zero-order valence-electron chi connectivity index (χ0n) is 12.1. The van der Waals surface area contributed by atoms with Crippen LogP contribution in [-0.2, 0) is 9.47 Å². The van der Waals surface area contributed by atoms with Crippen LogP contribution in [0.4, 0.5) is 0 Å². The summed E-state index contributed by atoms with van der Waals surface area (Å²) in [5, 5.41) is 0. The Labute approximate surface area is 117 Å². The number of likely N-dealkylation sites (tertiary alicyclic amines) is 1. The van der Waals surface area contributed by atoms with Gasteiger partial charge in [-0.2, -0.15) is 0 Å². The molecular formula is C15H28N2O2. The number of nitrogens with zero attached hydrogens (tertiary/aromatic N) is 1. The van der Waals surface area contributed by atoms with Crippen molar-refractivity contribution in [2.45, 2.75) is 32.2 Å². The molecule has 0 aromatic rings. The molecule has 0 amide bonds. The minimum atomic E-state index is -0.306. The number of ether oxygens (including phenoxy) is 2. The van der Waals surface area contributed by atoms with Gasteiger partial charge in [-0.1, -0.05) is 19.3 Å². The van der Waals surface area contributed by atoms with Gasteiger partial charge in [0, 0.05) is 6.54 Å². The summed E-state index contributed by atoms with van der Waals surface area (Å²) in [6.07, 6.45) is 9.14. The normalized spacial score (nSPS) is 19.2. The third kappa shape index (κ3) is 7.54. The Hall–Kier alpha value is -0.600. The van der Waals surface area contributed by atoms with Crippen LogP contribution in [0.5, 0.6) is 0 Å². The number of terminal acetylenes is 1. The van der Waals surface area contributed by atoms with E-state index in [1.54, 1.807) is 0 Å². The SMILES string of the molecule is C#CC(N)COCCOCCN1CCC(CC)CC1. The van der Waals surface area contributed by atoms with E-state index >= 15 is 0 Å². The van der Waals surface area contributed by atoms with E-state index in [1.807, 2.05) is 0 Å². The van der Waals surface area contributed by atoms with Crippen LogP contribution in [0.2, 0.25) is 0 Å². The summed E-state index contributed by atoms with van der Waals surface area (Å²) >= 11 is 0. The highest BCUT2D eigenvalue weighted by atomic mass is 16.5. The maximum absolute atomic E-state index is 5.55. The van der Waals surface area contributed by atoms with Gasteiger partial charge in [-0.05, 0) is 31.8 Å². The lowest BCUT2D eigenvalue weighted by atomic mass is 9.94. The average molecular weight is 268 g/mol. The molecule has 0 spiro atoms. The van der Waals surface area contributed by atoms with Gasteiger partial charge in [0.15, 0.2) is 0 Å². The van der Waals surface area contributed by atoms with Gasteiger partial charge in [0.1, 0.15) is 0 Å². The van der Waals surface area contributed by atoms with Crippen LogP contribution in [0.3, 0.4) is 0 Å². The smallest absolute Gasteiger partial charge is 0.0899 e. The summed E-state index contributed by atoms with van der Waals surface area (Å²) in [6.45, 7) is 8.11. The lowest BCUT2D eigenvalue weighted by Gasteiger charge is -2.31. The largest absolute Gasteiger partial charge is 0.378 e. The van der Waals surface area contributed by atoms with Gasteiger partial charge in [0.2, 0.25) is 0 Å². The first-order chi connectivity index (χ1) is 9.26. The number of rotatable bonds is 9. The maximum Gasteiger partial charge on any atom is 0.0899 e. The van der Waals surface area contributed by atoms with Crippen LogP contribution in [0, 0.1) is 18.3 Å². The van der Waals surface area contributed by atoms with Crippen LogP contribution in [-0.4, -0.2) is 57.0 Å². The van der Waals surface area contributed by atoms with E-state index in [0.29, 0.717) is 19.8 Å². The molecule has 1 aliphatic heterocycles. The molecule has 4 heteroatoms. The van der Waals surface area contributed by atoms with Crippen molar-refractivity contribution >= 4 is 0 Å². The Balaban J connectivity index is 1.88. The zero-order chi connectivity index (χ0) is 13.9. The highest BCUT2D eigenvalue weighted by Crippen LogP contribution is 2.19. The van der Waals surface area contributed by atoms with E-state index in [-0.39, 0.29) is 6.04 Å². The van der Waals surface area contributed by atoms with E-state index in [9.17, 15) is 0 Å². The van der Waals surface area contributed by atoms with Crippen LogP contribution in [0.15, 0.2) is 0 Å². The predicted octanol–water partition coefficient (Wildman–Crippen LogP) is 1.10. The molecule has 19 heavy (non-hydrogen) atoms. The Morgan fingerprint density at radius 3 is 2.58 bits per heavy atom. The molecule has 110 valence electrons. The minimum Gasteiger partial charge on any atom is -0.378 e. The molecule has 0 bridgehead atoms. The van der Waals surface area contributed by atoms with E-state index in [4.69, 9.17) is 21.6 Å². The first-order valence-corrected chi connectivity index (χ1v) is 7.35. The molecule has 1 atom stereocenters. The van der Waals surface area contributed by atoms with Gasteiger partial charge >= 0.3 is 0 Å². The molecule has 0 aliphatic carbocycles. The number of hydrogen-bond acceptors (Lipinski definition) is 4. The summed E-state index contributed by atoms with van der Waals surface area (Å²) in [5.74, 6) is 3.36. The molecule has 1 aliphatic rings. The van der Waals surface area contributed by atoms with Gasteiger partial charge in [-0.25, -0.2) is 0 Å². The molecular weight excluding hydrogens is 240 g/mol. The van der Waals surface area contributed by atoms with E-state index in [2.05, 4.69) is 17.7 Å². The van der Waals surface area contributed by atoms with Crippen molar-refractivity contribution in [3.05, 3.63) is 0 Å². The summed E-state index contributed by atoms with van der Waals surface area (Å²) in [4.78, 5) is 2.49. The molecule has 0 aromatic carbocycles. The van der Waals surface area contributed by atoms with E-state index < -0.39 is 0 Å². The Morgan fingerprint density at radius 2 is 1.95 bits per heavy atom. The number of piperidine rings is 1. The van der Waals surface area contributed by atoms with Crippen LogP contribution in [0.1, 0.15) is 26.2 Å². The van der Waals surface area contributed by atoms with Gasteiger partial charge in [0.05, 0.1) is 32.5 Å². The maximum atomic E-state index is 5.55. The van der Waals surface area contributed by atoms with Crippen LogP contribution >= 0.6 is 0 Å². The Kier molecular flexibility index (Phi) is 8.85. The third-order valence-corrected chi connectivity index (χ3v) is 3.72. The van der Waals surface area contributed by atoms with Crippen molar-refractivity contribution in [3.8, 4) is 12.3 Å². The average Bonchev–Trinajstić information content (AvgIpc) is 2.46. The molecule has 0 aromatic heterocycles. The number of hydrogen-bond donors (Lipinski definition) is 1. The highest BCUT2D eigenvalue weighted by molar-refractivity contribution is 4.96. The quantitative estimate of drug-likeness (QED) is 0.502. The summed E-state index contributed by atoms with van der Waals surface area (Å²) in [5.41, 5.74) is 5.53. The van der Waals surface area contributed by atoms with Crippen molar-refractivity contribution in [2.24, 2.45) is 11.7 Å². The fourth-order valence-corrected chi connectivity index (χ4v) is 2.29. The second kappa shape index (κ2) is 10.2. The molecule has 4 nitrogen and oxygen atoms in total. The molecule has 1 fully saturated rings. The standard InChI is InChI=1S/C15H28N2O2/c1-3-14-5-7-17(8-6-14)9-10-18-11-12-19-13-15(16)4-2/h2,14-15H,3,5-13,16H2,1H3. The molecule has 1 rings (SSSR count). The van der Waals surface area contributed by atoms with Gasteiger partial charge in [0.25, 0.3) is 0 Å². The summed E-state index contributed by atoms with van der Waals surface area (Å²) in [6, 6.07) is -0.306. The van der Waals surface area contributed by atoms with Crippen LogP contribution < -0.4 is 5.73 Å². The van der Waals surface area contributed by atoms with Gasteiger partial charge in [-0.3, -0.25) is 0 Å². The molecule has 0 radical (unpaired) electrons. The minimum absolute atomic E-state index is 0.306. The van der Waals surface area contributed by atoms with Crippen molar-refractivity contribution in [3.63, 3.8) is 0 Å². The lowest BCUT2D eigenvalue weighted by Crippen LogP contribution is -2.36. The predicted molar refractivity (Wildman–Crippen MR) is 77.9 cm³/mol. The summed E-state index contributed by atoms with van der Waals surface area (Å²) in [7, 11) is 0. The molecule has 2 N–H and O–H groups in total. The second-order valence-corrected chi connectivity index (χ2v) is 5.15. The highest BCUT2D eigenvalue weighted by Gasteiger charge is 2.16. The van der Waals surface area contributed by atoms with Crippen molar-refractivity contribution in [1.29, 1.82) is 0 Å². The molecule has 0 saturated carbocycles. The van der Waals surface area contributed by atoms with Gasteiger partial charge in [-0.15, -0.1) is 6.42 Å². The van der Waals surface area contributed by atoms with Crippen LogP contribution in [0.25, 0.3) is 0 Å². The van der Waals surface area contributed by atoms with E-state index in [0.717, 1.165) is 19.1 Å². The molecule has 1 saturated heterocycles. The lowest BCUT2D eigenvalue weighted by molar-refractivity contribution is 0.0338. The molecule has 1 unspecified atom stereocenters. The van der Waals surface area contributed by atoms with Crippen molar-refractivity contribution in [1.82, 2.24) is 4.90 Å². The third-order valence-electron chi connectivity index (χ3n) is 3.72. The topological polar surface area (TPSA) is 47.7 Å². The van der Waals surface area contributed by atoms with Crippen molar-refractivity contribution < 1.29 is 9.47 Å². The van der Waals surface area contributed by atoms with E-state index in [1.165, 1.54) is 32.4 Å². The van der Waals surface area contributed by atoms with Gasteiger partial charge < -0.3 is 20.1 Å². The zero-order valence-corrected chi connectivity index (χ0v) is 12.1. The number of nitrogens with two attached hydrogens (primary N) is 1. The molecule has 1 heterocycles. The van der Waals surface area contributed by atoms with Crippen molar-refractivity contribution in [2.75, 3.05) is 46.1 Å². The summed E-state index contributed by atoms with van der Waals surface area (Å²) < 4.78 is 10.8. The first kappa shape index (κ1) is 16.5. The fraction of sp³-hybridized carbons (Fsp3) is 0.867.